The summed E-state index contributed by atoms with van der Waals surface area (Å²) < 4.78 is 1.76. The zero-order chi connectivity index (χ0) is 23.8. The highest BCUT2D eigenvalue weighted by Gasteiger charge is 2.22. The number of imidazole rings is 1. The zero-order valence-electron chi connectivity index (χ0n) is 19.2. The van der Waals surface area contributed by atoms with E-state index in [-0.39, 0.29) is 22.9 Å². The van der Waals surface area contributed by atoms with Gasteiger partial charge in [-0.2, -0.15) is 0 Å². The number of carbonyl (C=O) groups excluding carboxylic acids is 1. The van der Waals surface area contributed by atoms with Gasteiger partial charge in [-0.15, -0.1) is 11.3 Å². The molecule has 0 spiro atoms. The predicted octanol–water partition coefficient (Wildman–Crippen LogP) is 4.28. The van der Waals surface area contributed by atoms with Gasteiger partial charge >= 0.3 is 5.69 Å². The highest BCUT2D eigenvalue weighted by Crippen LogP contribution is 2.34. The molecular weight excluding hydrogens is 470 g/mol. The van der Waals surface area contributed by atoms with E-state index in [2.05, 4.69) is 29.1 Å². The van der Waals surface area contributed by atoms with Crippen molar-refractivity contribution < 1.29 is 4.79 Å². The monoisotopic (exact) mass is 497 g/mol. The number of hydrogen-bond donors (Lipinski definition) is 3. The molecule has 5 rings (SSSR count). The van der Waals surface area contributed by atoms with Crippen LogP contribution in [0.15, 0.2) is 32.9 Å². The lowest BCUT2D eigenvalue weighted by Gasteiger charge is -2.14. The van der Waals surface area contributed by atoms with E-state index in [1.165, 1.54) is 22.2 Å². The number of rotatable bonds is 7. The van der Waals surface area contributed by atoms with Gasteiger partial charge in [0.05, 0.1) is 22.2 Å². The van der Waals surface area contributed by atoms with Crippen molar-refractivity contribution in [1.82, 2.24) is 19.5 Å². The molecule has 0 bridgehead atoms. The van der Waals surface area contributed by atoms with Crippen LogP contribution in [0.1, 0.15) is 43.6 Å². The van der Waals surface area contributed by atoms with E-state index >= 15 is 0 Å². The van der Waals surface area contributed by atoms with E-state index in [1.807, 2.05) is 0 Å². The van der Waals surface area contributed by atoms with Gasteiger partial charge in [-0.05, 0) is 61.8 Å². The van der Waals surface area contributed by atoms with Gasteiger partial charge in [0, 0.05) is 17.1 Å². The topological polar surface area (TPSA) is 113 Å². The Morgan fingerprint density at radius 1 is 1.21 bits per heavy atom. The Bertz CT molecular complexity index is 1490. The molecule has 1 aliphatic carbocycles. The molecule has 0 saturated heterocycles. The van der Waals surface area contributed by atoms with Crippen molar-refractivity contribution in [2.24, 2.45) is 5.92 Å². The standard InChI is InChI=1S/C24H27N5O3S2/c1-13(2)9-10-29-22(31)20-15-5-3-4-6-18(15)34-21(20)28-24(29)33-12-19(30)25-14-7-8-16-17(11-14)27-23(32)26-16/h7-8,11,13H,3-6,9-10,12H2,1-2H3,(H,25,30)(H2,26,27,32). The van der Waals surface area contributed by atoms with Gasteiger partial charge in [0.25, 0.3) is 5.56 Å². The predicted molar refractivity (Wildman–Crippen MR) is 138 cm³/mol. The third kappa shape index (κ3) is 4.56. The second kappa shape index (κ2) is 9.42. The first-order valence-corrected chi connectivity index (χ1v) is 13.4. The molecule has 178 valence electrons. The summed E-state index contributed by atoms with van der Waals surface area (Å²) in [4.78, 5) is 50.0. The Balaban J connectivity index is 1.39. The summed E-state index contributed by atoms with van der Waals surface area (Å²) in [7, 11) is 0. The number of aromatic nitrogens is 4. The van der Waals surface area contributed by atoms with E-state index in [9.17, 15) is 14.4 Å². The number of benzene rings is 1. The van der Waals surface area contributed by atoms with Crippen LogP contribution in [0.25, 0.3) is 21.3 Å². The number of thioether (sulfide) groups is 1. The van der Waals surface area contributed by atoms with Crippen molar-refractivity contribution in [1.29, 1.82) is 0 Å². The number of aryl methyl sites for hydroxylation is 2. The van der Waals surface area contributed by atoms with Crippen molar-refractivity contribution in [3.8, 4) is 0 Å². The molecule has 3 aromatic heterocycles. The lowest BCUT2D eigenvalue weighted by Crippen LogP contribution is -2.25. The number of amides is 1. The summed E-state index contributed by atoms with van der Waals surface area (Å²) in [5.74, 6) is 0.388. The Kier molecular flexibility index (Phi) is 6.35. The third-order valence-electron chi connectivity index (χ3n) is 6.10. The number of fused-ring (bicyclic) bond motifs is 4. The van der Waals surface area contributed by atoms with E-state index in [4.69, 9.17) is 4.98 Å². The molecular formula is C24H27N5O3S2. The average Bonchev–Trinajstić information content (AvgIpc) is 3.35. The van der Waals surface area contributed by atoms with Crippen molar-refractivity contribution in [2.75, 3.05) is 11.1 Å². The number of hydrogen-bond acceptors (Lipinski definition) is 6. The Hall–Kier alpha value is -2.85. The first kappa shape index (κ1) is 22.9. The highest BCUT2D eigenvalue weighted by molar-refractivity contribution is 7.99. The molecule has 0 atom stereocenters. The highest BCUT2D eigenvalue weighted by atomic mass is 32.2. The van der Waals surface area contributed by atoms with Crippen LogP contribution in [0.4, 0.5) is 5.69 Å². The van der Waals surface area contributed by atoms with Crippen LogP contribution in [0.3, 0.4) is 0 Å². The van der Waals surface area contributed by atoms with Crippen molar-refractivity contribution in [2.45, 2.75) is 57.7 Å². The van der Waals surface area contributed by atoms with Gasteiger partial charge in [-0.3, -0.25) is 14.2 Å². The maximum absolute atomic E-state index is 13.5. The molecule has 1 aliphatic rings. The summed E-state index contributed by atoms with van der Waals surface area (Å²) >= 11 is 2.92. The van der Waals surface area contributed by atoms with Gasteiger partial charge < -0.3 is 15.3 Å². The summed E-state index contributed by atoms with van der Waals surface area (Å²) in [6.07, 6.45) is 5.11. The summed E-state index contributed by atoms with van der Waals surface area (Å²) in [6.45, 7) is 4.86. The molecule has 3 heterocycles. The third-order valence-corrected chi connectivity index (χ3v) is 8.26. The minimum absolute atomic E-state index is 0.0230. The van der Waals surface area contributed by atoms with Crippen LogP contribution < -0.4 is 16.6 Å². The number of H-pyrrole nitrogens is 2. The fourth-order valence-corrected chi connectivity index (χ4v) is 6.48. The SMILES string of the molecule is CC(C)CCn1c(SCC(=O)Nc2ccc3[nH]c(=O)[nH]c3c2)nc2sc3c(c2c1=O)CCCC3. The molecule has 0 radical (unpaired) electrons. The van der Waals surface area contributed by atoms with Gasteiger partial charge in [0.15, 0.2) is 5.16 Å². The molecule has 1 aromatic carbocycles. The second-order valence-corrected chi connectivity index (χ2v) is 11.1. The molecule has 0 aliphatic heterocycles. The van der Waals surface area contributed by atoms with Crippen LogP contribution in [0, 0.1) is 5.92 Å². The molecule has 8 nitrogen and oxygen atoms in total. The van der Waals surface area contributed by atoms with Gasteiger partial charge in [-0.25, -0.2) is 9.78 Å². The minimum atomic E-state index is -0.287. The maximum Gasteiger partial charge on any atom is 0.323 e. The smallest absolute Gasteiger partial charge is 0.323 e. The fourth-order valence-electron chi connectivity index (χ4n) is 4.35. The fraction of sp³-hybridized carbons (Fsp3) is 0.417. The van der Waals surface area contributed by atoms with Crippen molar-refractivity contribution >= 4 is 55.9 Å². The van der Waals surface area contributed by atoms with Gasteiger partial charge in [0.1, 0.15) is 4.83 Å². The molecule has 0 fully saturated rings. The first-order chi connectivity index (χ1) is 16.4. The number of nitrogens with one attached hydrogen (secondary N) is 3. The van der Waals surface area contributed by atoms with Crippen molar-refractivity contribution in [3.05, 3.63) is 49.5 Å². The van der Waals surface area contributed by atoms with Crippen LogP contribution in [-0.2, 0) is 24.2 Å². The molecule has 3 N–H and O–H groups in total. The number of carbonyl (C=O) groups is 1. The number of anilines is 1. The average molecular weight is 498 g/mol. The Labute approximate surface area is 204 Å². The summed E-state index contributed by atoms with van der Waals surface area (Å²) in [5, 5.41) is 4.24. The summed E-state index contributed by atoms with van der Waals surface area (Å²) in [5.41, 5.74) is 2.84. The Morgan fingerprint density at radius 3 is 2.82 bits per heavy atom. The number of nitrogens with zero attached hydrogens (tertiary/aromatic N) is 2. The molecule has 34 heavy (non-hydrogen) atoms. The molecule has 0 unspecified atom stereocenters. The molecule has 10 heteroatoms. The van der Waals surface area contributed by atoms with Crippen LogP contribution in [-0.4, -0.2) is 31.2 Å². The van der Waals surface area contributed by atoms with Gasteiger partial charge in [-0.1, -0.05) is 25.6 Å². The quantitative estimate of drug-likeness (QED) is 0.261. The zero-order valence-corrected chi connectivity index (χ0v) is 20.8. The Morgan fingerprint density at radius 2 is 2.00 bits per heavy atom. The van der Waals surface area contributed by atoms with Gasteiger partial charge in [0.2, 0.25) is 5.91 Å². The molecule has 0 saturated carbocycles. The second-order valence-electron chi connectivity index (χ2n) is 9.10. The van der Waals surface area contributed by atoms with E-state index in [0.29, 0.717) is 34.3 Å². The van der Waals surface area contributed by atoms with Crippen LogP contribution >= 0.6 is 23.1 Å². The van der Waals surface area contributed by atoms with E-state index in [1.54, 1.807) is 34.1 Å². The first-order valence-electron chi connectivity index (χ1n) is 11.6. The van der Waals surface area contributed by atoms with Crippen LogP contribution in [0.5, 0.6) is 0 Å². The normalized spacial score (nSPS) is 13.6. The number of thiophene rings is 1. The van der Waals surface area contributed by atoms with E-state index in [0.717, 1.165) is 42.3 Å². The lowest BCUT2D eigenvalue weighted by molar-refractivity contribution is -0.113. The summed E-state index contributed by atoms with van der Waals surface area (Å²) in [6, 6.07) is 5.20. The number of aromatic amines is 2. The van der Waals surface area contributed by atoms with Crippen molar-refractivity contribution in [3.63, 3.8) is 0 Å². The maximum atomic E-state index is 13.5. The van der Waals surface area contributed by atoms with Crippen LogP contribution in [0.2, 0.25) is 0 Å². The minimum Gasteiger partial charge on any atom is -0.325 e. The lowest BCUT2D eigenvalue weighted by atomic mass is 9.97. The largest absolute Gasteiger partial charge is 0.325 e. The van der Waals surface area contributed by atoms with E-state index < -0.39 is 0 Å². The molecule has 1 amide bonds. The molecule has 4 aromatic rings.